The molecule has 1 aliphatic heterocycles. The van der Waals surface area contributed by atoms with Gasteiger partial charge in [0.1, 0.15) is 11.6 Å². The van der Waals surface area contributed by atoms with Crippen molar-refractivity contribution in [1.82, 2.24) is 4.90 Å². The van der Waals surface area contributed by atoms with Gasteiger partial charge in [-0.15, -0.1) is 0 Å². The third-order valence-electron chi connectivity index (χ3n) is 3.87. The van der Waals surface area contributed by atoms with Crippen LogP contribution in [0.2, 0.25) is 15.1 Å². The predicted molar refractivity (Wildman–Crippen MR) is 106 cm³/mol. The van der Waals surface area contributed by atoms with Gasteiger partial charge in [0, 0.05) is 29.2 Å². The van der Waals surface area contributed by atoms with E-state index in [9.17, 15) is 0 Å². The molecule has 0 aromatic heterocycles. The lowest BCUT2D eigenvalue weighted by Crippen LogP contribution is -2.40. The molecule has 0 unspecified atom stereocenters. The summed E-state index contributed by atoms with van der Waals surface area (Å²) >= 11 is 24.5. The number of nitrogens with zero attached hydrogens (tertiary/aromatic N) is 1. The largest absolute Gasteiger partial charge is 0.486 e. The second kappa shape index (κ2) is 8.56. The molecule has 1 saturated heterocycles. The predicted octanol–water partition coefficient (Wildman–Crippen LogP) is 5.23. The minimum Gasteiger partial charge on any atom is -0.486 e. The fraction of sp³-hybridized carbons (Fsp3) is 0.278. The molecule has 25 heavy (non-hydrogen) atoms. The highest BCUT2D eigenvalue weighted by Crippen LogP contribution is 2.35. The Hall–Kier alpha value is -1.04. The summed E-state index contributed by atoms with van der Waals surface area (Å²) in [6, 6.07) is 11.0. The van der Waals surface area contributed by atoms with Gasteiger partial charge in [0.15, 0.2) is 5.75 Å². The van der Waals surface area contributed by atoms with Gasteiger partial charge in [-0.3, -0.25) is 0 Å². The first kappa shape index (κ1) is 18.7. The number of morpholine rings is 1. The van der Waals surface area contributed by atoms with E-state index < -0.39 is 0 Å². The second-order valence-corrected chi connectivity index (χ2v) is 7.16. The fourth-order valence-electron chi connectivity index (χ4n) is 2.54. The van der Waals surface area contributed by atoms with E-state index in [-0.39, 0.29) is 6.61 Å². The van der Waals surface area contributed by atoms with Crippen molar-refractivity contribution in [2.45, 2.75) is 6.61 Å². The molecular formula is C18H16Cl3NO2S. The number of hydrogen-bond acceptors (Lipinski definition) is 3. The molecule has 2 aromatic carbocycles. The Bertz CT molecular complexity index is 756. The van der Waals surface area contributed by atoms with E-state index in [4.69, 9.17) is 56.5 Å². The summed E-state index contributed by atoms with van der Waals surface area (Å²) in [6.45, 7) is 3.14. The summed E-state index contributed by atoms with van der Waals surface area (Å²) < 4.78 is 11.1. The summed E-state index contributed by atoms with van der Waals surface area (Å²) in [7, 11) is 0. The Balaban J connectivity index is 1.76. The van der Waals surface area contributed by atoms with Crippen molar-refractivity contribution in [3.8, 4) is 5.75 Å². The van der Waals surface area contributed by atoms with Crippen LogP contribution in [0, 0.1) is 0 Å². The van der Waals surface area contributed by atoms with E-state index in [1.165, 1.54) is 0 Å². The summed E-state index contributed by atoms with van der Waals surface area (Å²) in [5.41, 5.74) is 1.67. The first-order chi connectivity index (χ1) is 12.1. The average molecular weight is 417 g/mol. The maximum Gasteiger partial charge on any atom is 0.157 e. The number of ether oxygens (including phenoxy) is 2. The molecule has 0 atom stereocenters. The molecule has 0 saturated carbocycles. The zero-order chi connectivity index (χ0) is 17.8. The van der Waals surface area contributed by atoms with Crippen molar-refractivity contribution in [2.24, 2.45) is 0 Å². The van der Waals surface area contributed by atoms with Crippen LogP contribution >= 0.6 is 47.0 Å². The van der Waals surface area contributed by atoms with Gasteiger partial charge in [-0.25, -0.2) is 0 Å². The molecule has 0 N–H and O–H groups in total. The Morgan fingerprint density at radius 3 is 2.32 bits per heavy atom. The third kappa shape index (κ3) is 4.57. The number of benzene rings is 2. The van der Waals surface area contributed by atoms with Crippen LogP contribution in [0.1, 0.15) is 11.1 Å². The summed E-state index contributed by atoms with van der Waals surface area (Å²) in [5, 5.41) is 1.48. The molecule has 0 radical (unpaired) electrons. The minimum absolute atomic E-state index is 0.284. The molecule has 1 fully saturated rings. The normalized spacial score (nSPS) is 14.4. The van der Waals surface area contributed by atoms with Crippen LogP contribution in [0.15, 0.2) is 36.4 Å². The van der Waals surface area contributed by atoms with Crippen molar-refractivity contribution in [3.05, 3.63) is 62.6 Å². The summed E-state index contributed by atoms with van der Waals surface area (Å²) in [5.74, 6) is 0.428. The molecule has 1 aliphatic rings. The first-order valence-corrected chi connectivity index (χ1v) is 9.33. The molecule has 0 amide bonds. The monoisotopic (exact) mass is 415 g/mol. The van der Waals surface area contributed by atoms with Gasteiger partial charge >= 0.3 is 0 Å². The first-order valence-electron chi connectivity index (χ1n) is 7.78. The summed E-state index contributed by atoms with van der Waals surface area (Å²) in [4.78, 5) is 2.80. The number of halogens is 3. The van der Waals surface area contributed by atoms with Crippen LogP contribution in [-0.2, 0) is 11.3 Å². The Labute approximate surface area is 167 Å². The zero-order valence-electron chi connectivity index (χ0n) is 13.3. The highest BCUT2D eigenvalue weighted by Gasteiger charge is 2.18. The van der Waals surface area contributed by atoms with Crippen LogP contribution in [0.3, 0.4) is 0 Å². The second-order valence-electron chi connectivity index (χ2n) is 5.55. The van der Waals surface area contributed by atoms with Gasteiger partial charge in [0.25, 0.3) is 0 Å². The van der Waals surface area contributed by atoms with Crippen LogP contribution in [0.5, 0.6) is 5.75 Å². The van der Waals surface area contributed by atoms with Crippen molar-refractivity contribution in [1.29, 1.82) is 0 Å². The molecular weight excluding hydrogens is 401 g/mol. The standard InChI is InChI=1S/C18H16Cl3NO2S/c19-14-4-2-1-3-12(14)11-24-17-15(20)9-13(10-16(17)21)18(25)22-5-7-23-8-6-22/h1-4,9-10H,5-8,11H2. The lowest BCUT2D eigenvalue weighted by Gasteiger charge is -2.29. The quantitative estimate of drug-likeness (QED) is 0.636. The van der Waals surface area contributed by atoms with Crippen molar-refractivity contribution >= 4 is 52.0 Å². The van der Waals surface area contributed by atoms with Crippen molar-refractivity contribution in [2.75, 3.05) is 26.3 Å². The number of hydrogen-bond donors (Lipinski definition) is 0. The van der Waals surface area contributed by atoms with E-state index >= 15 is 0 Å². The zero-order valence-corrected chi connectivity index (χ0v) is 16.4. The lowest BCUT2D eigenvalue weighted by molar-refractivity contribution is 0.0693. The summed E-state index contributed by atoms with van der Waals surface area (Å²) in [6.07, 6.45) is 0. The van der Waals surface area contributed by atoms with Crippen LogP contribution in [-0.4, -0.2) is 36.2 Å². The minimum atomic E-state index is 0.284. The fourth-order valence-corrected chi connectivity index (χ4v) is 3.62. The van der Waals surface area contributed by atoms with Gasteiger partial charge in [0.2, 0.25) is 0 Å². The molecule has 132 valence electrons. The molecule has 3 nitrogen and oxygen atoms in total. The van der Waals surface area contributed by atoms with E-state index in [2.05, 4.69) is 4.90 Å². The molecule has 1 heterocycles. The molecule has 7 heteroatoms. The van der Waals surface area contributed by atoms with Crippen LogP contribution < -0.4 is 4.74 Å². The van der Waals surface area contributed by atoms with Gasteiger partial charge < -0.3 is 14.4 Å². The maximum atomic E-state index is 6.38. The van der Waals surface area contributed by atoms with E-state index in [0.717, 1.165) is 24.2 Å². The maximum absolute atomic E-state index is 6.38. The Morgan fingerprint density at radius 2 is 1.68 bits per heavy atom. The number of rotatable bonds is 4. The van der Waals surface area contributed by atoms with Gasteiger partial charge in [-0.2, -0.15) is 0 Å². The molecule has 0 bridgehead atoms. The van der Waals surface area contributed by atoms with E-state index in [0.29, 0.717) is 39.0 Å². The van der Waals surface area contributed by atoms with Gasteiger partial charge in [-0.1, -0.05) is 65.2 Å². The Kier molecular flexibility index (Phi) is 6.42. The van der Waals surface area contributed by atoms with Crippen molar-refractivity contribution < 1.29 is 9.47 Å². The smallest absolute Gasteiger partial charge is 0.157 e. The highest BCUT2D eigenvalue weighted by atomic mass is 35.5. The van der Waals surface area contributed by atoms with Gasteiger partial charge in [0.05, 0.1) is 23.3 Å². The van der Waals surface area contributed by atoms with E-state index in [1.54, 1.807) is 12.1 Å². The van der Waals surface area contributed by atoms with Crippen molar-refractivity contribution in [3.63, 3.8) is 0 Å². The topological polar surface area (TPSA) is 21.7 Å². The molecule has 0 spiro atoms. The third-order valence-corrected chi connectivity index (χ3v) is 5.30. The highest BCUT2D eigenvalue weighted by molar-refractivity contribution is 7.80. The van der Waals surface area contributed by atoms with Crippen LogP contribution in [0.4, 0.5) is 0 Å². The van der Waals surface area contributed by atoms with Crippen LogP contribution in [0.25, 0.3) is 0 Å². The molecule has 2 aromatic rings. The van der Waals surface area contributed by atoms with Gasteiger partial charge in [-0.05, 0) is 18.2 Å². The lowest BCUT2D eigenvalue weighted by atomic mass is 10.2. The SMILES string of the molecule is S=C(c1cc(Cl)c(OCc2ccccc2Cl)c(Cl)c1)N1CCOCC1. The average Bonchev–Trinajstić information content (AvgIpc) is 2.62. The number of thiocarbonyl (C=S) groups is 1. The molecule has 3 rings (SSSR count). The van der Waals surface area contributed by atoms with E-state index in [1.807, 2.05) is 24.3 Å². The molecule has 0 aliphatic carbocycles. The Morgan fingerprint density at radius 1 is 1.04 bits per heavy atom.